The summed E-state index contributed by atoms with van der Waals surface area (Å²) in [5.74, 6) is -2.28. The number of nitrogens with zero attached hydrogens (tertiary/aromatic N) is 1. The topological polar surface area (TPSA) is 61.6 Å². The molecule has 0 unspecified atom stereocenters. The summed E-state index contributed by atoms with van der Waals surface area (Å²) in [6.45, 7) is 4.02. The van der Waals surface area contributed by atoms with Gasteiger partial charge in [-0.25, -0.2) is 9.78 Å². The zero-order chi connectivity index (χ0) is 15.2. The first-order valence-corrected chi connectivity index (χ1v) is 6.21. The molecule has 0 aliphatic carbocycles. The molecule has 0 radical (unpaired) electrons. The third-order valence-electron chi connectivity index (χ3n) is 2.21. The number of rotatable bonds is 7. The fourth-order valence-corrected chi connectivity index (χ4v) is 1.40. The van der Waals surface area contributed by atoms with E-state index in [1.54, 1.807) is 0 Å². The van der Waals surface area contributed by atoms with Gasteiger partial charge in [0.15, 0.2) is 11.6 Å². The second-order valence-electron chi connectivity index (χ2n) is 3.87. The van der Waals surface area contributed by atoms with E-state index in [-0.39, 0.29) is 25.5 Å². The van der Waals surface area contributed by atoms with Crippen LogP contribution in [0.1, 0.15) is 42.4 Å². The predicted octanol–water partition coefficient (Wildman–Crippen LogP) is 2.84. The zero-order valence-corrected chi connectivity index (χ0v) is 11.2. The predicted molar refractivity (Wildman–Crippen MR) is 62.3 cm³/mol. The quantitative estimate of drug-likeness (QED) is 0.572. The molecule has 0 saturated carbocycles. The van der Waals surface area contributed by atoms with Crippen LogP contribution in [0.15, 0.2) is 4.42 Å². The summed E-state index contributed by atoms with van der Waals surface area (Å²) in [6.07, 6.45) is -3.91. The maximum Gasteiger partial charge on any atom is 0.437 e. The van der Waals surface area contributed by atoms with Crippen LogP contribution < -0.4 is 0 Å². The molecule has 0 amide bonds. The van der Waals surface area contributed by atoms with Gasteiger partial charge in [-0.2, -0.15) is 13.2 Å². The minimum Gasteiger partial charge on any atom is -0.460 e. The van der Waals surface area contributed by atoms with Gasteiger partial charge in [0.05, 0.1) is 13.2 Å². The number of ether oxygens (including phenoxy) is 2. The summed E-state index contributed by atoms with van der Waals surface area (Å²) in [6, 6.07) is 0. The molecule has 1 rings (SSSR count). The summed E-state index contributed by atoms with van der Waals surface area (Å²) in [5.41, 5.74) is -1.36. The van der Waals surface area contributed by atoms with Crippen molar-refractivity contribution in [3.63, 3.8) is 0 Å². The fraction of sp³-hybridized carbons (Fsp3) is 0.667. The molecule has 1 aromatic rings. The Morgan fingerprint density at radius 1 is 1.30 bits per heavy atom. The maximum atomic E-state index is 12.7. The Hall–Kier alpha value is -1.57. The summed E-state index contributed by atoms with van der Waals surface area (Å²) >= 11 is 0. The smallest absolute Gasteiger partial charge is 0.437 e. The van der Waals surface area contributed by atoms with Crippen molar-refractivity contribution in [2.75, 3.05) is 19.8 Å². The van der Waals surface area contributed by atoms with Crippen LogP contribution >= 0.6 is 0 Å². The molecule has 0 aliphatic rings. The number of hydrogen-bond donors (Lipinski definition) is 0. The summed E-state index contributed by atoms with van der Waals surface area (Å²) < 4.78 is 52.7. The first-order chi connectivity index (χ1) is 9.40. The fourth-order valence-electron chi connectivity index (χ4n) is 1.40. The van der Waals surface area contributed by atoms with Gasteiger partial charge in [-0.05, 0) is 13.3 Å². The van der Waals surface area contributed by atoms with E-state index in [0.29, 0.717) is 6.61 Å². The molecule has 1 heterocycles. The zero-order valence-electron chi connectivity index (χ0n) is 11.2. The van der Waals surface area contributed by atoms with Crippen molar-refractivity contribution < 1.29 is 31.9 Å². The summed E-state index contributed by atoms with van der Waals surface area (Å²) in [7, 11) is 0. The van der Waals surface area contributed by atoms with Gasteiger partial charge >= 0.3 is 12.1 Å². The SMILES string of the molecule is CCCOCCc1nc(C(F)(F)F)c(C(=O)OCC)o1. The van der Waals surface area contributed by atoms with E-state index in [1.165, 1.54) is 6.92 Å². The second kappa shape index (κ2) is 7.28. The van der Waals surface area contributed by atoms with Crippen LogP contribution in [0.25, 0.3) is 0 Å². The lowest BCUT2D eigenvalue weighted by atomic mass is 10.3. The van der Waals surface area contributed by atoms with Crippen molar-refractivity contribution in [1.82, 2.24) is 4.98 Å². The maximum absolute atomic E-state index is 12.7. The van der Waals surface area contributed by atoms with E-state index < -0.39 is 23.6 Å². The second-order valence-corrected chi connectivity index (χ2v) is 3.87. The Morgan fingerprint density at radius 2 is 2.00 bits per heavy atom. The molecule has 1 aromatic heterocycles. The number of hydrogen-bond acceptors (Lipinski definition) is 5. The van der Waals surface area contributed by atoms with E-state index in [4.69, 9.17) is 9.15 Å². The first-order valence-electron chi connectivity index (χ1n) is 6.21. The van der Waals surface area contributed by atoms with E-state index in [1.807, 2.05) is 6.92 Å². The molecule has 20 heavy (non-hydrogen) atoms. The van der Waals surface area contributed by atoms with E-state index in [9.17, 15) is 18.0 Å². The summed E-state index contributed by atoms with van der Waals surface area (Å²) in [5, 5.41) is 0. The first kappa shape index (κ1) is 16.5. The van der Waals surface area contributed by atoms with Gasteiger partial charge in [-0.3, -0.25) is 0 Å². The lowest BCUT2D eigenvalue weighted by molar-refractivity contribution is -0.141. The number of carbonyl (C=O) groups is 1. The average molecular weight is 295 g/mol. The number of esters is 1. The molecule has 0 aromatic carbocycles. The van der Waals surface area contributed by atoms with Crippen molar-refractivity contribution in [3.05, 3.63) is 17.3 Å². The molecule has 0 atom stereocenters. The highest BCUT2D eigenvalue weighted by Crippen LogP contribution is 2.32. The minimum atomic E-state index is -4.77. The highest BCUT2D eigenvalue weighted by atomic mass is 19.4. The number of carbonyl (C=O) groups excluding carboxylic acids is 1. The monoisotopic (exact) mass is 295 g/mol. The Bertz CT molecular complexity index is 442. The van der Waals surface area contributed by atoms with Gasteiger partial charge in [0.25, 0.3) is 0 Å². The molecular weight excluding hydrogens is 279 g/mol. The Kier molecular flexibility index (Phi) is 6.00. The number of halogens is 3. The highest BCUT2D eigenvalue weighted by Gasteiger charge is 2.41. The number of alkyl halides is 3. The van der Waals surface area contributed by atoms with Gasteiger partial charge in [0.1, 0.15) is 0 Å². The molecule has 0 N–H and O–H groups in total. The van der Waals surface area contributed by atoms with Crippen molar-refractivity contribution >= 4 is 5.97 Å². The van der Waals surface area contributed by atoms with Crippen molar-refractivity contribution in [1.29, 1.82) is 0 Å². The van der Waals surface area contributed by atoms with Gasteiger partial charge in [-0.1, -0.05) is 6.92 Å². The van der Waals surface area contributed by atoms with Crippen LogP contribution in [0.3, 0.4) is 0 Å². The van der Waals surface area contributed by atoms with Gasteiger partial charge in [0.2, 0.25) is 5.76 Å². The third-order valence-corrected chi connectivity index (χ3v) is 2.21. The van der Waals surface area contributed by atoms with Crippen LogP contribution in [0.2, 0.25) is 0 Å². The van der Waals surface area contributed by atoms with Crippen LogP contribution in [-0.2, 0) is 22.1 Å². The van der Waals surface area contributed by atoms with Crippen molar-refractivity contribution in [2.45, 2.75) is 32.9 Å². The molecule has 0 fully saturated rings. The Balaban J connectivity index is 2.86. The van der Waals surface area contributed by atoms with Crippen LogP contribution in [0.5, 0.6) is 0 Å². The van der Waals surface area contributed by atoms with Gasteiger partial charge in [-0.15, -0.1) is 0 Å². The molecular formula is C12H16F3NO4. The molecule has 114 valence electrons. The molecule has 8 heteroatoms. The van der Waals surface area contributed by atoms with Crippen LogP contribution in [0, 0.1) is 0 Å². The van der Waals surface area contributed by atoms with Gasteiger partial charge < -0.3 is 13.9 Å². The minimum absolute atomic E-state index is 0.0498. The molecule has 0 aliphatic heterocycles. The van der Waals surface area contributed by atoms with Crippen molar-refractivity contribution in [2.24, 2.45) is 0 Å². The Labute approximate surface area is 114 Å². The lowest BCUT2D eigenvalue weighted by Gasteiger charge is -2.03. The summed E-state index contributed by atoms with van der Waals surface area (Å²) in [4.78, 5) is 14.7. The van der Waals surface area contributed by atoms with E-state index in [2.05, 4.69) is 9.72 Å². The van der Waals surface area contributed by atoms with Crippen LogP contribution in [-0.4, -0.2) is 30.8 Å². The third kappa shape index (κ3) is 4.52. The standard InChI is InChI=1S/C12H16F3NO4/c1-3-6-18-7-5-8-16-10(12(13,14)15)9(20-8)11(17)19-4-2/h3-7H2,1-2H3. The largest absolute Gasteiger partial charge is 0.460 e. The molecule has 0 saturated heterocycles. The Morgan fingerprint density at radius 3 is 2.55 bits per heavy atom. The van der Waals surface area contributed by atoms with Gasteiger partial charge in [0, 0.05) is 13.0 Å². The number of oxazole rings is 1. The van der Waals surface area contributed by atoms with E-state index in [0.717, 1.165) is 6.42 Å². The van der Waals surface area contributed by atoms with Crippen molar-refractivity contribution in [3.8, 4) is 0 Å². The van der Waals surface area contributed by atoms with E-state index >= 15 is 0 Å². The lowest BCUT2D eigenvalue weighted by Crippen LogP contribution is -2.14. The number of aromatic nitrogens is 1. The highest BCUT2D eigenvalue weighted by molar-refractivity contribution is 5.87. The normalized spacial score (nSPS) is 11.7. The molecule has 0 bridgehead atoms. The molecule has 0 spiro atoms. The average Bonchev–Trinajstić information content (AvgIpc) is 2.79. The van der Waals surface area contributed by atoms with Crippen LogP contribution in [0.4, 0.5) is 13.2 Å². The molecule has 5 nitrogen and oxygen atoms in total.